The van der Waals surface area contributed by atoms with Gasteiger partial charge in [-0.2, -0.15) is 4.98 Å². The van der Waals surface area contributed by atoms with E-state index in [2.05, 4.69) is 36.5 Å². The zero-order valence-electron chi connectivity index (χ0n) is 17.4. The first-order valence-corrected chi connectivity index (χ1v) is 11.3. The topological polar surface area (TPSA) is 80.1 Å². The highest BCUT2D eigenvalue weighted by atomic mass is 79.9. The summed E-state index contributed by atoms with van der Waals surface area (Å²) in [6.07, 6.45) is 1.68. The highest BCUT2D eigenvalue weighted by Gasteiger charge is 2.14. The van der Waals surface area contributed by atoms with E-state index in [4.69, 9.17) is 16.6 Å². The summed E-state index contributed by atoms with van der Waals surface area (Å²) in [7, 11) is 0. The minimum absolute atomic E-state index is 0.217. The number of pyridine rings is 1. The van der Waals surface area contributed by atoms with Crippen LogP contribution in [0.5, 0.6) is 0 Å². The Kier molecular flexibility index (Phi) is 5.62. The van der Waals surface area contributed by atoms with Crippen LogP contribution >= 0.6 is 28.1 Å². The number of amides is 1. The number of hydrogen-bond donors (Lipinski definition) is 2. The average Bonchev–Trinajstić information content (AvgIpc) is 3.24. The molecule has 33 heavy (non-hydrogen) atoms. The molecule has 6 nitrogen and oxygen atoms in total. The van der Waals surface area contributed by atoms with Crippen molar-refractivity contribution < 1.29 is 9.21 Å². The predicted molar refractivity (Wildman–Crippen MR) is 137 cm³/mol. The number of aromatic nitrogens is 2. The van der Waals surface area contributed by atoms with E-state index < -0.39 is 0 Å². The lowest BCUT2D eigenvalue weighted by atomic mass is 10.0. The molecule has 1 amide bonds. The lowest BCUT2D eigenvalue weighted by molar-refractivity contribution is 0.0979. The van der Waals surface area contributed by atoms with Gasteiger partial charge in [0.15, 0.2) is 16.3 Å². The van der Waals surface area contributed by atoms with Crippen molar-refractivity contribution in [2.45, 2.75) is 6.92 Å². The number of oxazole rings is 1. The van der Waals surface area contributed by atoms with Crippen molar-refractivity contribution in [1.82, 2.24) is 15.3 Å². The van der Waals surface area contributed by atoms with Crippen molar-refractivity contribution in [2.24, 2.45) is 0 Å². The molecule has 162 valence electrons. The number of benzene rings is 3. The summed E-state index contributed by atoms with van der Waals surface area (Å²) >= 11 is 8.93. The zero-order chi connectivity index (χ0) is 22.9. The summed E-state index contributed by atoms with van der Waals surface area (Å²) in [5.41, 5.74) is 4.28. The van der Waals surface area contributed by atoms with Crippen LogP contribution in [0.4, 0.5) is 5.69 Å². The van der Waals surface area contributed by atoms with Crippen LogP contribution in [0.3, 0.4) is 0 Å². The van der Waals surface area contributed by atoms with Crippen LogP contribution < -0.4 is 10.6 Å². The van der Waals surface area contributed by atoms with Gasteiger partial charge in [0.05, 0.1) is 0 Å². The number of anilines is 1. The van der Waals surface area contributed by atoms with Crippen LogP contribution in [0.15, 0.2) is 81.8 Å². The number of hydrogen-bond acceptors (Lipinski definition) is 5. The van der Waals surface area contributed by atoms with Crippen LogP contribution in [-0.2, 0) is 0 Å². The average molecular weight is 517 g/mol. The largest absolute Gasteiger partial charge is 0.434 e. The van der Waals surface area contributed by atoms with Crippen LogP contribution in [-0.4, -0.2) is 21.0 Å². The number of nitrogens with one attached hydrogen (secondary N) is 2. The van der Waals surface area contributed by atoms with Gasteiger partial charge >= 0.3 is 0 Å². The molecular formula is C25H17BrN4O2S. The van der Waals surface area contributed by atoms with Crippen LogP contribution in [0.2, 0.25) is 0 Å². The second kappa shape index (κ2) is 8.73. The quantitative estimate of drug-likeness (QED) is 0.276. The molecule has 5 aromatic rings. The van der Waals surface area contributed by atoms with E-state index in [1.54, 1.807) is 12.3 Å². The third kappa shape index (κ3) is 4.22. The molecule has 0 aliphatic rings. The number of halogens is 1. The van der Waals surface area contributed by atoms with E-state index in [1.807, 2.05) is 67.6 Å². The molecule has 0 atom stereocenters. The second-order valence-corrected chi connectivity index (χ2v) is 8.69. The summed E-state index contributed by atoms with van der Waals surface area (Å²) in [6.45, 7) is 1.94. The maximum absolute atomic E-state index is 12.9. The van der Waals surface area contributed by atoms with Gasteiger partial charge in [0.1, 0.15) is 0 Å². The van der Waals surface area contributed by atoms with Crippen molar-refractivity contribution >= 4 is 66.9 Å². The van der Waals surface area contributed by atoms with Crippen molar-refractivity contribution in [3.05, 3.63) is 88.5 Å². The maximum atomic E-state index is 12.9. The summed E-state index contributed by atoms with van der Waals surface area (Å²) in [5, 5.41) is 7.90. The molecule has 2 aromatic heterocycles. The monoisotopic (exact) mass is 516 g/mol. The Bertz CT molecular complexity index is 1510. The Morgan fingerprint density at radius 3 is 2.67 bits per heavy atom. The fourth-order valence-corrected chi connectivity index (χ4v) is 4.32. The Balaban J connectivity index is 1.33. The van der Waals surface area contributed by atoms with Gasteiger partial charge in [-0.1, -0.05) is 40.2 Å². The smallest absolute Gasteiger partial charge is 0.258 e. The Morgan fingerprint density at radius 1 is 1.03 bits per heavy atom. The molecule has 2 N–H and O–H groups in total. The molecule has 8 heteroatoms. The number of carbonyl (C=O) groups is 1. The first kappa shape index (κ1) is 21.2. The maximum Gasteiger partial charge on any atom is 0.258 e. The summed E-state index contributed by atoms with van der Waals surface area (Å²) in [4.78, 5) is 21.5. The standard InChI is InChI=1S/C25H17BrN4O2S/c1-14-13-15(24-29-22-21(32-24)9-4-12-27-22)10-11-20(14)28-25(33)30-23(31)18-7-2-6-17-16(18)5-3-8-19(17)26/h2-13H,1H3,(H2,28,30,31,33). The molecule has 0 saturated heterocycles. The molecule has 0 saturated carbocycles. The lowest BCUT2D eigenvalue weighted by Gasteiger charge is -2.13. The van der Waals surface area contributed by atoms with Crippen LogP contribution in [0.1, 0.15) is 15.9 Å². The van der Waals surface area contributed by atoms with E-state index in [0.29, 0.717) is 22.7 Å². The van der Waals surface area contributed by atoms with Gasteiger partial charge < -0.3 is 9.73 Å². The Labute approximate surface area is 203 Å². The van der Waals surface area contributed by atoms with Crippen molar-refractivity contribution in [1.29, 1.82) is 0 Å². The van der Waals surface area contributed by atoms with E-state index in [1.165, 1.54) is 0 Å². The lowest BCUT2D eigenvalue weighted by Crippen LogP contribution is -2.34. The van der Waals surface area contributed by atoms with Crippen LogP contribution in [0, 0.1) is 6.92 Å². The highest BCUT2D eigenvalue weighted by Crippen LogP contribution is 2.28. The highest BCUT2D eigenvalue weighted by molar-refractivity contribution is 9.10. The van der Waals surface area contributed by atoms with Gasteiger partial charge in [-0.15, -0.1) is 0 Å². The number of aryl methyl sites for hydroxylation is 1. The minimum Gasteiger partial charge on any atom is -0.434 e. The molecule has 2 heterocycles. The van der Waals surface area contributed by atoms with Crippen molar-refractivity contribution in [2.75, 3.05) is 5.32 Å². The number of carbonyl (C=O) groups excluding carboxylic acids is 1. The Morgan fingerprint density at radius 2 is 1.85 bits per heavy atom. The molecule has 0 aliphatic carbocycles. The molecule has 5 rings (SSSR count). The molecule has 0 bridgehead atoms. The molecule has 0 unspecified atom stereocenters. The second-order valence-electron chi connectivity index (χ2n) is 7.42. The number of rotatable bonds is 3. The molecule has 0 spiro atoms. The van der Waals surface area contributed by atoms with Gasteiger partial charge in [-0.05, 0) is 77.9 Å². The molecule has 3 aromatic carbocycles. The zero-order valence-corrected chi connectivity index (χ0v) is 19.8. The van der Waals surface area contributed by atoms with E-state index in [-0.39, 0.29) is 11.0 Å². The van der Waals surface area contributed by atoms with Crippen molar-refractivity contribution in [3.63, 3.8) is 0 Å². The molecule has 0 aliphatic heterocycles. The van der Waals surface area contributed by atoms with Gasteiger partial charge in [-0.3, -0.25) is 10.1 Å². The van der Waals surface area contributed by atoms with E-state index in [0.717, 1.165) is 32.1 Å². The normalized spacial score (nSPS) is 11.0. The number of fused-ring (bicyclic) bond motifs is 2. The minimum atomic E-state index is -0.274. The van der Waals surface area contributed by atoms with Gasteiger partial charge in [0, 0.05) is 27.5 Å². The third-order valence-electron chi connectivity index (χ3n) is 5.23. The van der Waals surface area contributed by atoms with E-state index >= 15 is 0 Å². The van der Waals surface area contributed by atoms with Crippen LogP contribution in [0.25, 0.3) is 33.5 Å². The van der Waals surface area contributed by atoms with Gasteiger partial charge in [-0.25, -0.2) is 4.98 Å². The molecule has 0 radical (unpaired) electrons. The fourth-order valence-electron chi connectivity index (χ4n) is 3.62. The summed E-state index contributed by atoms with van der Waals surface area (Å²) in [5.74, 6) is 0.223. The summed E-state index contributed by atoms with van der Waals surface area (Å²) in [6, 6.07) is 20.7. The first-order valence-electron chi connectivity index (χ1n) is 10.1. The Hall–Kier alpha value is -3.62. The summed E-state index contributed by atoms with van der Waals surface area (Å²) < 4.78 is 6.73. The molecule has 0 fully saturated rings. The fraction of sp³-hybridized carbons (Fsp3) is 0.0400. The number of thiocarbonyl (C=S) groups is 1. The van der Waals surface area contributed by atoms with Gasteiger partial charge in [0.25, 0.3) is 5.91 Å². The predicted octanol–water partition coefficient (Wildman–Crippen LogP) is 6.24. The van der Waals surface area contributed by atoms with Gasteiger partial charge in [0.2, 0.25) is 5.89 Å². The third-order valence-corrected chi connectivity index (χ3v) is 6.12. The SMILES string of the molecule is Cc1cc(-c2nc3ncccc3o2)ccc1NC(=S)NC(=O)c1cccc2c(Br)cccc12. The first-order chi connectivity index (χ1) is 16.0. The van der Waals surface area contributed by atoms with Crippen molar-refractivity contribution in [3.8, 4) is 11.5 Å². The number of nitrogens with zero attached hydrogens (tertiary/aromatic N) is 2. The van der Waals surface area contributed by atoms with E-state index in [9.17, 15) is 4.79 Å². The molecular weight excluding hydrogens is 500 g/mol.